The van der Waals surface area contributed by atoms with Gasteiger partial charge in [-0.15, -0.1) is 0 Å². The summed E-state index contributed by atoms with van der Waals surface area (Å²) in [5, 5.41) is 2.78. The molecule has 0 aliphatic carbocycles. The van der Waals surface area contributed by atoms with Crippen LogP contribution in [0.3, 0.4) is 0 Å². The van der Waals surface area contributed by atoms with Crippen LogP contribution in [0, 0.1) is 5.92 Å². The van der Waals surface area contributed by atoms with Crippen LogP contribution >= 0.6 is 15.9 Å². The van der Waals surface area contributed by atoms with Crippen LogP contribution in [0.25, 0.3) is 0 Å². The highest BCUT2D eigenvalue weighted by atomic mass is 79.9. The Hall–Kier alpha value is -1.94. The number of hydrogen-bond acceptors (Lipinski definition) is 5. The number of nitrogens with one attached hydrogen (secondary N) is 2. The average molecular weight is 525 g/mol. The highest BCUT2D eigenvalue weighted by Gasteiger charge is 2.20. The van der Waals surface area contributed by atoms with Gasteiger partial charge in [0.25, 0.3) is 5.91 Å². The third-order valence-electron chi connectivity index (χ3n) is 5.09. The molecule has 0 aromatic heterocycles. The van der Waals surface area contributed by atoms with Gasteiger partial charge in [0.15, 0.2) is 0 Å². The van der Waals surface area contributed by atoms with Crippen molar-refractivity contribution in [2.75, 3.05) is 25.1 Å². The van der Waals surface area contributed by atoms with E-state index in [0.717, 1.165) is 19.3 Å². The molecule has 1 aliphatic rings. The number of carbonyl (C=O) groups excluding carboxylic acids is 1. The van der Waals surface area contributed by atoms with Gasteiger partial charge >= 0.3 is 0 Å². The van der Waals surface area contributed by atoms with E-state index in [0.29, 0.717) is 40.6 Å². The second-order valence-electron chi connectivity index (χ2n) is 8.14. The van der Waals surface area contributed by atoms with Crippen LogP contribution in [0.4, 0.5) is 5.69 Å². The molecule has 7 nitrogen and oxygen atoms in total. The predicted octanol–water partition coefficient (Wildman–Crippen LogP) is 4.58. The lowest BCUT2D eigenvalue weighted by Gasteiger charge is -2.12. The van der Waals surface area contributed by atoms with Crippen LogP contribution in [-0.4, -0.2) is 40.2 Å². The molecule has 0 saturated carbocycles. The Morgan fingerprint density at radius 3 is 2.59 bits per heavy atom. The van der Waals surface area contributed by atoms with Gasteiger partial charge < -0.3 is 14.8 Å². The lowest BCUT2D eigenvalue weighted by atomic mass is 10.1. The van der Waals surface area contributed by atoms with E-state index in [4.69, 9.17) is 9.47 Å². The van der Waals surface area contributed by atoms with E-state index in [1.54, 1.807) is 30.3 Å². The maximum absolute atomic E-state index is 12.6. The molecule has 174 valence electrons. The minimum Gasteiger partial charge on any atom is -0.492 e. The molecule has 1 heterocycles. The topological polar surface area (TPSA) is 93.7 Å². The molecule has 1 saturated heterocycles. The normalized spacial score (nSPS) is 16.3. The molecule has 1 atom stereocenters. The Balaban J connectivity index is 1.57. The summed E-state index contributed by atoms with van der Waals surface area (Å²) in [5.74, 6) is 0.941. The zero-order valence-corrected chi connectivity index (χ0v) is 20.7. The average Bonchev–Trinajstić information content (AvgIpc) is 3.27. The summed E-state index contributed by atoms with van der Waals surface area (Å²) in [7, 11) is -3.63. The smallest absolute Gasteiger partial charge is 0.255 e. The van der Waals surface area contributed by atoms with Crippen molar-refractivity contribution in [1.82, 2.24) is 4.72 Å². The lowest BCUT2D eigenvalue weighted by Crippen LogP contribution is -2.31. The minimum atomic E-state index is -3.63. The molecule has 32 heavy (non-hydrogen) atoms. The third-order valence-corrected chi connectivity index (χ3v) is 7.15. The molecule has 1 aliphatic heterocycles. The summed E-state index contributed by atoms with van der Waals surface area (Å²) in [6.45, 7) is 5.81. The van der Waals surface area contributed by atoms with Crippen molar-refractivity contribution in [3.63, 3.8) is 0 Å². The van der Waals surface area contributed by atoms with Gasteiger partial charge in [0.05, 0.1) is 22.1 Å². The van der Waals surface area contributed by atoms with Crippen molar-refractivity contribution in [1.29, 1.82) is 0 Å². The van der Waals surface area contributed by atoms with Gasteiger partial charge in [-0.05, 0) is 83.6 Å². The van der Waals surface area contributed by atoms with E-state index in [1.165, 1.54) is 12.1 Å². The summed E-state index contributed by atoms with van der Waals surface area (Å²) < 4.78 is 39.4. The fourth-order valence-corrected chi connectivity index (χ4v) is 4.74. The van der Waals surface area contributed by atoms with Gasteiger partial charge in [-0.1, -0.05) is 13.8 Å². The second kappa shape index (κ2) is 11.3. The van der Waals surface area contributed by atoms with E-state index < -0.39 is 10.0 Å². The van der Waals surface area contributed by atoms with Gasteiger partial charge in [-0.3, -0.25) is 4.79 Å². The number of ether oxygens (including phenoxy) is 2. The highest BCUT2D eigenvalue weighted by Crippen LogP contribution is 2.27. The van der Waals surface area contributed by atoms with Crippen molar-refractivity contribution in [2.45, 2.75) is 44.1 Å². The first-order valence-corrected chi connectivity index (χ1v) is 13.0. The summed E-state index contributed by atoms with van der Waals surface area (Å²) >= 11 is 3.45. The summed E-state index contributed by atoms with van der Waals surface area (Å²) in [5.41, 5.74) is 0.962. The maximum atomic E-state index is 12.6. The van der Waals surface area contributed by atoms with E-state index in [-0.39, 0.29) is 23.5 Å². The first-order valence-electron chi connectivity index (χ1n) is 10.7. The quantitative estimate of drug-likeness (QED) is 0.474. The summed E-state index contributed by atoms with van der Waals surface area (Å²) in [4.78, 5) is 12.7. The van der Waals surface area contributed by atoms with Crippen LogP contribution < -0.4 is 14.8 Å². The van der Waals surface area contributed by atoms with Crippen LogP contribution in [0.2, 0.25) is 0 Å². The Labute approximate surface area is 198 Å². The Kier molecular flexibility index (Phi) is 8.70. The standard InChI is InChI=1S/C23H29BrN2O5S/c1-16(2)11-13-31-22-10-5-17(14-21(22)24)23(27)26-18-6-8-20(9-7-18)32(28,29)25-15-19-4-3-12-30-19/h5-10,14,16,19,25H,3-4,11-13,15H2,1-2H3,(H,26,27). The monoisotopic (exact) mass is 524 g/mol. The number of halogens is 1. The van der Waals surface area contributed by atoms with Crippen molar-refractivity contribution in [3.8, 4) is 5.75 Å². The van der Waals surface area contributed by atoms with Crippen molar-refractivity contribution < 1.29 is 22.7 Å². The molecule has 2 aromatic carbocycles. The molecule has 0 bridgehead atoms. The lowest BCUT2D eigenvalue weighted by molar-refractivity contribution is 0.102. The number of benzene rings is 2. The molecule has 3 rings (SSSR count). The largest absolute Gasteiger partial charge is 0.492 e. The number of carbonyl (C=O) groups is 1. The van der Waals surface area contributed by atoms with Crippen molar-refractivity contribution in [3.05, 3.63) is 52.5 Å². The van der Waals surface area contributed by atoms with E-state index in [1.807, 2.05) is 0 Å². The number of hydrogen-bond donors (Lipinski definition) is 2. The van der Waals surface area contributed by atoms with E-state index in [9.17, 15) is 13.2 Å². The SMILES string of the molecule is CC(C)CCOc1ccc(C(=O)Nc2ccc(S(=O)(=O)NCC3CCCO3)cc2)cc1Br. The summed E-state index contributed by atoms with van der Waals surface area (Å²) in [6.07, 6.45) is 2.68. The molecule has 1 amide bonds. The van der Waals surface area contributed by atoms with Gasteiger partial charge in [0.1, 0.15) is 5.75 Å². The molecular formula is C23H29BrN2O5S. The maximum Gasteiger partial charge on any atom is 0.255 e. The third kappa shape index (κ3) is 7.03. The number of amides is 1. The van der Waals surface area contributed by atoms with Crippen molar-refractivity contribution >= 4 is 37.5 Å². The zero-order valence-electron chi connectivity index (χ0n) is 18.3. The Morgan fingerprint density at radius 2 is 1.97 bits per heavy atom. The number of rotatable bonds is 10. The molecule has 0 radical (unpaired) electrons. The van der Waals surface area contributed by atoms with Gasteiger partial charge in [-0.2, -0.15) is 0 Å². The number of sulfonamides is 1. The van der Waals surface area contributed by atoms with Crippen LogP contribution in [0.15, 0.2) is 51.8 Å². The first-order chi connectivity index (χ1) is 15.2. The zero-order chi connectivity index (χ0) is 23.1. The fraction of sp³-hybridized carbons (Fsp3) is 0.435. The Morgan fingerprint density at radius 1 is 1.22 bits per heavy atom. The predicted molar refractivity (Wildman–Crippen MR) is 128 cm³/mol. The van der Waals surface area contributed by atoms with E-state index >= 15 is 0 Å². The molecule has 0 spiro atoms. The van der Waals surface area contributed by atoms with Crippen LogP contribution in [0.1, 0.15) is 43.5 Å². The molecule has 1 fully saturated rings. The highest BCUT2D eigenvalue weighted by molar-refractivity contribution is 9.10. The molecule has 2 N–H and O–H groups in total. The van der Waals surface area contributed by atoms with Gasteiger partial charge in [0.2, 0.25) is 10.0 Å². The summed E-state index contributed by atoms with van der Waals surface area (Å²) in [6, 6.07) is 11.2. The molecular weight excluding hydrogens is 496 g/mol. The number of anilines is 1. The van der Waals surface area contributed by atoms with Crippen molar-refractivity contribution in [2.24, 2.45) is 5.92 Å². The van der Waals surface area contributed by atoms with Crippen LogP contribution in [0.5, 0.6) is 5.75 Å². The van der Waals surface area contributed by atoms with E-state index in [2.05, 4.69) is 39.8 Å². The second-order valence-corrected chi connectivity index (χ2v) is 10.8. The molecule has 1 unspecified atom stereocenters. The first kappa shape index (κ1) is 24.7. The molecule has 9 heteroatoms. The minimum absolute atomic E-state index is 0.0744. The van der Waals surface area contributed by atoms with Gasteiger partial charge in [-0.25, -0.2) is 13.1 Å². The Bertz CT molecular complexity index is 1020. The van der Waals surface area contributed by atoms with Crippen LogP contribution in [-0.2, 0) is 14.8 Å². The fourth-order valence-electron chi connectivity index (χ4n) is 3.18. The molecule has 2 aromatic rings. The van der Waals surface area contributed by atoms with Gasteiger partial charge in [0, 0.05) is 24.4 Å².